The summed E-state index contributed by atoms with van der Waals surface area (Å²) in [5, 5.41) is 9.81. The molecule has 5 nitrogen and oxygen atoms in total. The summed E-state index contributed by atoms with van der Waals surface area (Å²) in [5.74, 6) is 0.113. The lowest BCUT2D eigenvalue weighted by atomic mass is 9.44. The second kappa shape index (κ2) is 11.2. The predicted molar refractivity (Wildman–Crippen MR) is 159 cm³/mol. The summed E-state index contributed by atoms with van der Waals surface area (Å²) in [6.07, 6.45) is 12.2. The zero-order valence-electron chi connectivity index (χ0n) is 26.8. The van der Waals surface area contributed by atoms with Crippen LogP contribution in [0.4, 0.5) is 0 Å². The summed E-state index contributed by atoms with van der Waals surface area (Å²) in [4.78, 5) is 37.9. The first-order valence-corrected chi connectivity index (χ1v) is 15.4. The number of hydrogen-bond acceptors (Lipinski definition) is 5. The Bertz CT molecular complexity index is 1140. The molecule has 2 fully saturated rings. The van der Waals surface area contributed by atoms with E-state index in [0.717, 1.165) is 56.9 Å². The zero-order chi connectivity index (χ0) is 30.3. The molecule has 0 heterocycles. The number of carbonyl (C=O) groups is 3. The highest BCUT2D eigenvalue weighted by Gasteiger charge is 2.58. The Morgan fingerprint density at radius 2 is 1.77 bits per heavy atom. The maximum atomic E-state index is 13.0. The first kappa shape index (κ1) is 32.3. The number of methoxy groups -OCH3 is 1. The molecule has 0 spiro atoms. The quantitative estimate of drug-likeness (QED) is 0.224. The minimum absolute atomic E-state index is 0.00745. The average Bonchev–Trinajstić information content (AvgIpc) is 2.87. The third-order valence-electron chi connectivity index (χ3n) is 12.1. The number of ketones is 2. The van der Waals surface area contributed by atoms with Gasteiger partial charge in [0.15, 0.2) is 11.6 Å². The van der Waals surface area contributed by atoms with Crippen molar-refractivity contribution >= 4 is 17.5 Å². The largest absolute Gasteiger partial charge is 0.469 e. The van der Waals surface area contributed by atoms with Crippen molar-refractivity contribution < 1.29 is 19.1 Å². The molecule has 222 valence electrons. The molecule has 0 N–H and O–H groups in total. The molecule has 0 aliphatic heterocycles. The first-order chi connectivity index (χ1) is 18.4. The second-order valence-electron chi connectivity index (χ2n) is 15.3. The molecule has 0 saturated heterocycles. The van der Waals surface area contributed by atoms with Gasteiger partial charge in [-0.2, -0.15) is 5.26 Å². The third-order valence-corrected chi connectivity index (χ3v) is 12.1. The molecular weight excluding hydrogens is 498 g/mol. The van der Waals surface area contributed by atoms with Gasteiger partial charge >= 0.3 is 5.97 Å². The molecule has 5 heteroatoms. The van der Waals surface area contributed by atoms with Crippen molar-refractivity contribution in [2.75, 3.05) is 7.11 Å². The van der Waals surface area contributed by atoms with Crippen molar-refractivity contribution in [1.29, 1.82) is 5.26 Å². The number of nitriles is 1. The van der Waals surface area contributed by atoms with E-state index in [0.29, 0.717) is 17.8 Å². The van der Waals surface area contributed by atoms with E-state index in [4.69, 9.17) is 4.74 Å². The van der Waals surface area contributed by atoms with Gasteiger partial charge in [0.1, 0.15) is 6.07 Å². The van der Waals surface area contributed by atoms with Crippen molar-refractivity contribution in [1.82, 2.24) is 0 Å². The van der Waals surface area contributed by atoms with Crippen LogP contribution in [0.25, 0.3) is 0 Å². The van der Waals surface area contributed by atoms with E-state index in [2.05, 4.69) is 54.5 Å². The van der Waals surface area contributed by atoms with E-state index >= 15 is 0 Å². The molecule has 3 rings (SSSR count). The van der Waals surface area contributed by atoms with E-state index in [-0.39, 0.29) is 51.2 Å². The van der Waals surface area contributed by atoms with Crippen molar-refractivity contribution in [3.8, 4) is 6.07 Å². The highest BCUT2D eigenvalue weighted by molar-refractivity contribution is 6.02. The van der Waals surface area contributed by atoms with E-state index in [1.807, 2.05) is 19.1 Å². The Balaban J connectivity index is 2.02. The SMILES string of the molecule is COC(=O)CC[C@]1(CCC(C)(C)[C@]2(C)CC[C@H]3[C@H](C)C(=O)C(C#N)=C[C@]3(C)/C2=C/C(C)=O)CCC(C)(C)CC1C. The van der Waals surface area contributed by atoms with Crippen LogP contribution in [0.1, 0.15) is 120 Å². The number of fused-ring (bicyclic) bond motifs is 1. The molecule has 0 bridgehead atoms. The minimum atomic E-state index is -0.529. The van der Waals surface area contributed by atoms with E-state index in [1.165, 1.54) is 7.11 Å². The number of hydrogen-bond donors (Lipinski definition) is 0. The number of allylic oxidation sites excluding steroid dienone is 4. The van der Waals surface area contributed by atoms with Crippen LogP contribution in [0.15, 0.2) is 23.3 Å². The van der Waals surface area contributed by atoms with Crippen LogP contribution in [0.3, 0.4) is 0 Å². The summed E-state index contributed by atoms with van der Waals surface area (Å²) >= 11 is 0. The van der Waals surface area contributed by atoms with Crippen LogP contribution in [0.2, 0.25) is 0 Å². The Morgan fingerprint density at radius 3 is 2.33 bits per heavy atom. The number of Topliss-reactive ketones (excluding diaryl/α,β-unsaturated/α-hetero) is 1. The summed E-state index contributed by atoms with van der Waals surface area (Å²) in [5.41, 5.74) is 0.701. The van der Waals surface area contributed by atoms with Crippen LogP contribution in [-0.2, 0) is 19.1 Å². The van der Waals surface area contributed by atoms with Crippen molar-refractivity contribution in [3.63, 3.8) is 0 Å². The molecule has 3 aliphatic carbocycles. The van der Waals surface area contributed by atoms with E-state index < -0.39 is 5.41 Å². The topological polar surface area (TPSA) is 84.2 Å². The van der Waals surface area contributed by atoms with Gasteiger partial charge in [0.05, 0.1) is 12.7 Å². The van der Waals surface area contributed by atoms with Gasteiger partial charge < -0.3 is 4.74 Å². The summed E-state index contributed by atoms with van der Waals surface area (Å²) in [6, 6.07) is 2.16. The summed E-state index contributed by atoms with van der Waals surface area (Å²) in [6.45, 7) is 19.8. The van der Waals surface area contributed by atoms with Gasteiger partial charge in [-0.15, -0.1) is 0 Å². The van der Waals surface area contributed by atoms with Gasteiger partial charge in [-0.3, -0.25) is 14.4 Å². The lowest BCUT2D eigenvalue weighted by Gasteiger charge is -2.60. The molecule has 0 radical (unpaired) electrons. The Labute approximate surface area is 243 Å². The second-order valence-corrected chi connectivity index (χ2v) is 15.3. The molecule has 0 aromatic carbocycles. The van der Waals surface area contributed by atoms with Crippen LogP contribution < -0.4 is 0 Å². The fourth-order valence-corrected chi connectivity index (χ4v) is 8.87. The predicted octanol–water partition coefficient (Wildman–Crippen LogP) is 8.19. The van der Waals surface area contributed by atoms with Crippen molar-refractivity contribution in [2.45, 2.75) is 120 Å². The normalized spacial score (nSPS) is 36.8. The fraction of sp³-hybridized carbons (Fsp3) is 0.771. The van der Waals surface area contributed by atoms with Crippen molar-refractivity contribution in [2.24, 2.45) is 44.8 Å². The number of nitrogens with zero attached hydrogens (tertiary/aromatic N) is 1. The Kier molecular flexibility index (Phi) is 9.06. The minimum Gasteiger partial charge on any atom is -0.469 e. The standard InChI is InChI=1S/C35H53NO4/c1-23-20-31(4,5)15-17-35(23,14-12-29(38)40-10)18-16-32(6,7)34(9)13-11-27-25(3)30(39)26(22-36)21-33(27,8)28(34)19-24(2)37/h19,21,23,25,27H,11-18,20H2,1-10H3/b28-19-/t23?,25-,27-,33-,34+,35+/m0/s1. The maximum absolute atomic E-state index is 13.0. The molecular formula is C35H53NO4. The van der Waals surface area contributed by atoms with Crippen molar-refractivity contribution in [3.05, 3.63) is 23.3 Å². The molecule has 1 unspecified atom stereocenters. The molecule has 3 aliphatic rings. The first-order valence-electron chi connectivity index (χ1n) is 15.4. The molecule has 40 heavy (non-hydrogen) atoms. The molecule has 0 aromatic heterocycles. The third kappa shape index (κ3) is 5.75. The van der Waals surface area contributed by atoms with Crippen LogP contribution >= 0.6 is 0 Å². The number of carbonyl (C=O) groups excluding carboxylic acids is 3. The fourth-order valence-electron chi connectivity index (χ4n) is 8.87. The van der Waals surface area contributed by atoms with E-state index in [9.17, 15) is 19.6 Å². The monoisotopic (exact) mass is 551 g/mol. The highest BCUT2D eigenvalue weighted by Crippen LogP contribution is 2.66. The average molecular weight is 552 g/mol. The summed E-state index contributed by atoms with van der Waals surface area (Å²) in [7, 11) is 1.47. The molecule has 0 aromatic rings. The molecule has 0 amide bonds. The van der Waals surface area contributed by atoms with Gasteiger partial charge in [0.25, 0.3) is 0 Å². The van der Waals surface area contributed by atoms with E-state index in [1.54, 1.807) is 6.92 Å². The summed E-state index contributed by atoms with van der Waals surface area (Å²) < 4.78 is 5.03. The highest BCUT2D eigenvalue weighted by atomic mass is 16.5. The molecule has 6 atom stereocenters. The lowest BCUT2D eigenvalue weighted by molar-refractivity contribution is -0.142. The Morgan fingerprint density at radius 1 is 1.12 bits per heavy atom. The zero-order valence-corrected chi connectivity index (χ0v) is 26.8. The van der Waals surface area contributed by atoms with Gasteiger partial charge in [-0.05, 0) is 97.9 Å². The van der Waals surface area contributed by atoms with Crippen LogP contribution in [-0.4, -0.2) is 24.6 Å². The van der Waals surface area contributed by atoms with Gasteiger partial charge in [-0.25, -0.2) is 0 Å². The Hall–Kier alpha value is -2.22. The smallest absolute Gasteiger partial charge is 0.305 e. The number of rotatable bonds is 8. The van der Waals surface area contributed by atoms with Crippen LogP contribution in [0, 0.1) is 56.2 Å². The maximum Gasteiger partial charge on any atom is 0.305 e. The van der Waals surface area contributed by atoms with Gasteiger partial charge in [0, 0.05) is 17.8 Å². The van der Waals surface area contributed by atoms with Gasteiger partial charge in [-0.1, -0.05) is 67.0 Å². The van der Waals surface area contributed by atoms with Crippen LogP contribution in [0.5, 0.6) is 0 Å². The molecule has 2 saturated carbocycles. The number of esters is 1. The number of ether oxygens (including phenoxy) is 1. The van der Waals surface area contributed by atoms with Gasteiger partial charge in [0.2, 0.25) is 0 Å². The lowest BCUT2D eigenvalue weighted by Crippen LogP contribution is -2.53.